The summed E-state index contributed by atoms with van der Waals surface area (Å²) in [6.45, 7) is 0. The van der Waals surface area contributed by atoms with E-state index in [0.29, 0.717) is 0 Å². The summed E-state index contributed by atoms with van der Waals surface area (Å²) >= 11 is 4.53. The number of hydrogen-bond acceptors (Lipinski definition) is 2. The number of fused-ring (bicyclic) bond motifs is 6. The Kier molecular flexibility index (Phi) is 3.43. The van der Waals surface area contributed by atoms with Gasteiger partial charge in [0.25, 0.3) is 0 Å². The average Bonchev–Trinajstić information content (AvgIpc) is 3.25. The molecule has 4 heteroatoms. The van der Waals surface area contributed by atoms with E-state index in [0.717, 1.165) is 11.1 Å². The molecule has 0 amide bonds. The van der Waals surface area contributed by atoms with E-state index in [4.69, 9.17) is 4.74 Å². The predicted molar refractivity (Wildman–Crippen MR) is 115 cm³/mol. The summed E-state index contributed by atoms with van der Waals surface area (Å²) in [5.74, 6) is 0. The Morgan fingerprint density at radius 1 is 0.857 bits per heavy atom. The molecule has 2 heterocycles. The Balaban J connectivity index is 1.37. The van der Waals surface area contributed by atoms with Gasteiger partial charge in [-0.05, 0) is 0 Å². The molecule has 0 fully saturated rings. The van der Waals surface area contributed by atoms with Gasteiger partial charge in [0.1, 0.15) is 0 Å². The number of ether oxygens (including phenoxy) is 1. The summed E-state index contributed by atoms with van der Waals surface area (Å²) in [7, 11) is 0. The second-order valence-corrected chi connectivity index (χ2v) is 12.5. The summed E-state index contributed by atoms with van der Waals surface area (Å²) in [5, 5.41) is 0. The molecule has 0 radical (unpaired) electrons. The van der Waals surface area contributed by atoms with Crippen molar-refractivity contribution in [2.24, 2.45) is 0 Å². The zero-order chi connectivity index (χ0) is 18.4. The third-order valence-corrected chi connectivity index (χ3v) is 11.5. The summed E-state index contributed by atoms with van der Waals surface area (Å²) in [6.07, 6.45) is 1.20. The maximum atomic E-state index is 6.13. The summed E-state index contributed by atoms with van der Waals surface area (Å²) in [6, 6.07) is 22.8. The number of hydrogen-bond donors (Lipinski definition) is 0. The molecule has 4 aliphatic rings. The van der Waals surface area contributed by atoms with Crippen LogP contribution in [-0.4, -0.2) is 0 Å². The van der Waals surface area contributed by atoms with Crippen molar-refractivity contribution in [3.8, 4) is 11.1 Å². The minimum absolute atomic E-state index is 0.122. The van der Waals surface area contributed by atoms with Gasteiger partial charge >= 0.3 is 189 Å². The molecule has 0 spiro atoms. The van der Waals surface area contributed by atoms with E-state index in [9.17, 15) is 0 Å². The maximum absolute atomic E-state index is 6.13. The average molecular weight is 521 g/mol. The quantitative estimate of drug-likeness (QED) is 0.350. The molecule has 2 aliphatic heterocycles. The van der Waals surface area contributed by atoms with Crippen LogP contribution in [0.4, 0.5) is 0 Å². The Morgan fingerprint density at radius 3 is 2.57 bits per heavy atom. The zero-order valence-corrected chi connectivity index (χ0v) is 19.6. The molecular formula is C24H13BrOSZr. The molecule has 0 aromatic heterocycles. The van der Waals surface area contributed by atoms with Crippen LogP contribution in [0.5, 0.6) is 0 Å². The fraction of sp³-hybridized carbons (Fsp3) is 0.0833. The van der Waals surface area contributed by atoms with Crippen LogP contribution in [0, 0.1) is 0 Å². The Labute approximate surface area is 187 Å². The summed E-state index contributed by atoms with van der Waals surface area (Å²) in [4.78, 5) is 2.77. The van der Waals surface area contributed by atoms with Gasteiger partial charge in [-0.3, -0.25) is 0 Å². The Bertz CT molecular complexity index is 1290. The first kappa shape index (κ1) is 16.5. The molecule has 2 aliphatic carbocycles. The molecule has 0 saturated carbocycles. The first-order chi connectivity index (χ1) is 13.8. The van der Waals surface area contributed by atoms with Crippen molar-refractivity contribution in [2.75, 3.05) is 0 Å². The summed E-state index contributed by atoms with van der Waals surface area (Å²) in [5.41, 5.74) is 10.2. The van der Waals surface area contributed by atoms with Crippen LogP contribution in [0.3, 0.4) is 0 Å². The summed E-state index contributed by atoms with van der Waals surface area (Å²) < 4.78 is 10.2. The van der Waals surface area contributed by atoms with Crippen molar-refractivity contribution in [1.82, 2.24) is 0 Å². The SMILES string of the molecule is BrC1=C2SC3=C2[C@H](O1)c1ccc[c]([Zr][c]2cccc4c2-c2ccccc2C4)c13. The Hall–Kier alpha value is -1.35. The zero-order valence-electron chi connectivity index (χ0n) is 14.8. The van der Waals surface area contributed by atoms with Crippen molar-refractivity contribution in [3.63, 3.8) is 0 Å². The topological polar surface area (TPSA) is 9.23 Å². The van der Waals surface area contributed by atoms with Crippen LogP contribution >= 0.6 is 27.7 Å². The monoisotopic (exact) mass is 518 g/mol. The third kappa shape index (κ3) is 2.07. The molecule has 3 aromatic carbocycles. The van der Waals surface area contributed by atoms with Gasteiger partial charge in [-0.25, -0.2) is 0 Å². The van der Waals surface area contributed by atoms with Crippen molar-refractivity contribution in [1.29, 1.82) is 0 Å². The van der Waals surface area contributed by atoms with Gasteiger partial charge in [0.15, 0.2) is 0 Å². The molecule has 0 N–H and O–H groups in total. The van der Waals surface area contributed by atoms with E-state index in [1.54, 1.807) is 6.54 Å². The van der Waals surface area contributed by atoms with E-state index in [1.807, 2.05) is 11.8 Å². The van der Waals surface area contributed by atoms with Crippen LogP contribution in [0.1, 0.15) is 28.4 Å². The van der Waals surface area contributed by atoms with E-state index in [2.05, 4.69) is 76.6 Å². The number of halogens is 1. The van der Waals surface area contributed by atoms with Gasteiger partial charge in [0.05, 0.1) is 0 Å². The molecule has 0 unspecified atom stereocenters. The molecule has 132 valence electrons. The molecule has 0 bridgehead atoms. The van der Waals surface area contributed by atoms with Gasteiger partial charge in [0.2, 0.25) is 0 Å². The molecule has 3 aromatic rings. The second kappa shape index (κ2) is 5.84. The first-order valence-corrected chi connectivity index (χ1v) is 13.5. The van der Waals surface area contributed by atoms with Gasteiger partial charge in [-0.1, -0.05) is 0 Å². The molecule has 0 saturated heterocycles. The van der Waals surface area contributed by atoms with Gasteiger partial charge in [0, 0.05) is 0 Å². The van der Waals surface area contributed by atoms with Crippen LogP contribution in [0.15, 0.2) is 75.8 Å². The van der Waals surface area contributed by atoms with Gasteiger partial charge in [-0.15, -0.1) is 0 Å². The van der Waals surface area contributed by atoms with Crippen molar-refractivity contribution in [2.45, 2.75) is 12.5 Å². The van der Waals surface area contributed by atoms with Crippen molar-refractivity contribution < 1.29 is 28.0 Å². The molecule has 1 nitrogen and oxygen atoms in total. The Morgan fingerprint density at radius 2 is 1.64 bits per heavy atom. The van der Waals surface area contributed by atoms with Crippen LogP contribution < -0.4 is 6.54 Å². The van der Waals surface area contributed by atoms with Crippen LogP contribution in [-0.2, 0) is 34.4 Å². The van der Waals surface area contributed by atoms with Crippen LogP contribution in [0.2, 0.25) is 0 Å². The fourth-order valence-corrected chi connectivity index (χ4v) is 10.5. The fourth-order valence-electron chi connectivity index (χ4n) is 4.86. The number of rotatable bonds is 2. The van der Waals surface area contributed by atoms with E-state index in [1.165, 1.54) is 48.8 Å². The second-order valence-electron chi connectivity index (χ2n) is 7.51. The molecular weight excluding hydrogens is 507 g/mol. The van der Waals surface area contributed by atoms with Gasteiger partial charge < -0.3 is 0 Å². The third-order valence-electron chi connectivity index (χ3n) is 6.05. The first-order valence-electron chi connectivity index (χ1n) is 9.39. The van der Waals surface area contributed by atoms with Gasteiger partial charge in [-0.2, -0.15) is 0 Å². The number of thioether (sulfide) groups is 1. The van der Waals surface area contributed by atoms with E-state index < -0.39 is 23.2 Å². The molecule has 7 rings (SSSR count). The standard InChI is InChI=1S/C13H9.C11H4BrOS.Zr/c1-3-7-12-10(5-1)9-11-6-2-4-8-13(11)12;12-11-10-7-8(13-11)5-3-1-2-4-6(5)9(7)14-10;/h1-7H,9H2;1-3,8H;/t;8-;/m.1./s1. The van der Waals surface area contributed by atoms with Crippen LogP contribution in [0.25, 0.3) is 16.0 Å². The predicted octanol–water partition coefficient (Wildman–Crippen LogP) is 5.40. The van der Waals surface area contributed by atoms with E-state index >= 15 is 0 Å². The minimum atomic E-state index is -0.946. The van der Waals surface area contributed by atoms with E-state index in [-0.39, 0.29) is 6.10 Å². The molecule has 28 heavy (non-hydrogen) atoms. The normalized spacial score (nSPS) is 19.7. The van der Waals surface area contributed by atoms with Crippen molar-refractivity contribution >= 4 is 39.1 Å². The van der Waals surface area contributed by atoms with Crippen molar-refractivity contribution in [3.05, 3.63) is 98.1 Å². The molecule has 1 atom stereocenters. The number of benzene rings is 3.